The SMILES string of the molecule is CC(C(=O)NC1CC1)N1CCN(C(=O)C2(N)CCCCC2)CC1.Cl.Cl. The van der Waals surface area contributed by atoms with Crippen molar-refractivity contribution < 1.29 is 9.59 Å². The van der Waals surface area contributed by atoms with E-state index in [2.05, 4.69) is 10.2 Å². The molecule has 0 aromatic carbocycles. The normalized spacial score (nSPS) is 24.5. The summed E-state index contributed by atoms with van der Waals surface area (Å²) in [6, 6.07) is 0.283. The summed E-state index contributed by atoms with van der Waals surface area (Å²) in [6.07, 6.45) is 7.14. The molecule has 3 N–H and O–H groups in total. The molecule has 1 saturated heterocycles. The lowest BCUT2D eigenvalue weighted by Gasteiger charge is -2.42. The Labute approximate surface area is 163 Å². The molecule has 3 fully saturated rings. The minimum Gasteiger partial charge on any atom is -0.352 e. The fraction of sp³-hybridized carbons (Fsp3) is 0.882. The summed E-state index contributed by atoms with van der Waals surface area (Å²) in [6.45, 7) is 4.82. The second-order valence-corrected chi connectivity index (χ2v) is 7.50. The van der Waals surface area contributed by atoms with Crippen LogP contribution in [0.4, 0.5) is 0 Å². The van der Waals surface area contributed by atoms with Crippen LogP contribution in [-0.4, -0.2) is 65.4 Å². The number of rotatable bonds is 4. The van der Waals surface area contributed by atoms with Gasteiger partial charge in [0.15, 0.2) is 0 Å². The van der Waals surface area contributed by atoms with Crippen molar-refractivity contribution in [1.82, 2.24) is 15.1 Å². The van der Waals surface area contributed by atoms with Gasteiger partial charge in [0.05, 0.1) is 11.6 Å². The number of hydrogen-bond acceptors (Lipinski definition) is 4. The number of hydrogen-bond donors (Lipinski definition) is 2. The Morgan fingerprint density at radius 2 is 1.60 bits per heavy atom. The molecule has 6 nitrogen and oxygen atoms in total. The number of nitrogens with one attached hydrogen (secondary N) is 1. The molecule has 25 heavy (non-hydrogen) atoms. The standard InChI is InChI=1S/C17H30N4O2.2ClH/c1-13(15(22)19-14-5-6-14)20-9-11-21(12-10-20)16(23)17(18)7-3-2-4-8-17;;/h13-14H,2-12,18H2,1H3,(H,19,22);2*1H. The molecule has 3 aliphatic rings. The van der Waals surface area contributed by atoms with Crippen LogP contribution in [0.2, 0.25) is 0 Å². The minimum absolute atomic E-state index is 0. The highest BCUT2D eigenvalue weighted by Gasteiger charge is 2.40. The van der Waals surface area contributed by atoms with Gasteiger partial charge in [0.1, 0.15) is 0 Å². The maximum absolute atomic E-state index is 12.7. The Morgan fingerprint density at radius 1 is 1.04 bits per heavy atom. The average Bonchev–Trinajstić information content (AvgIpc) is 3.38. The molecule has 0 aromatic heterocycles. The third-order valence-corrected chi connectivity index (χ3v) is 5.62. The van der Waals surface area contributed by atoms with Crippen LogP contribution in [0.1, 0.15) is 51.9 Å². The molecule has 3 rings (SSSR count). The predicted octanol–water partition coefficient (Wildman–Crippen LogP) is 1.30. The predicted molar refractivity (Wildman–Crippen MR) is 103 cm³/mol. The second kappa shape index (κ2) is 9.40. The maximum atomic E-state index is 12.7. The Balaban J connectivity index is 0.00000156. The zero-order valence-corrected chi connectivity index (χ0v) is 16.7. The first kappa shape index (κ1) is 22.5. The highest BCUT2D eigenvalue weighted by Crippen LogP contribution is 2.28. The van der Waals surface area contributed by atoms with Gasteiger partial charge in [0.2, 0.25) is 11.8 Å². The first-order chi connectivity index (χ1) is 11.0. The Bertz CT molecular complexity index is 460. The van der Waals surface area contributed by atoms with E-state index in [9.17, 15) is 9.59 Å². The van der Waals surface area contributed by atoms with E-state index in [-0.39, 0.29) is 42.7 Å². The topological polar surface area (TPSA) is 78.7 Å². The highest BCUT2D eigenvalue weighted by molar-refractivity contribution is 5.86. The number of carbonyl (C=O) groups is 2. The summed E-state index contributed by atoms with van der Waals surface area (Å²) >= 11 is 0. The number of piperazine rings is 1. The fourth-order valence-electron chi connectivity index (χ4n) is 3.74. The molecule has 1 heterocycles. The average molecular weight is 395 g/mol. The third-order valence-electron chi connectivity index (χ3n) is 5.62. The van der Waals surface area contributed by atoms with Crippen molar-refractivity contribution in [3.63, 3.8) is 0 Å². The van der Waals surface area contributed by atoms with E-state index in [4.69, 9.17) is 5.73 Å². The molecule has 1 atom stereocenters. The second-order valence-electron chi connectivity index (χ2n) is 7.50. The van der Waals surface area contributed by atoms with Gasteiger partial charge in [-0.3, -0.25) is 14.5 Å². The van der Waals surface area contributed by atoms with Gasteiger partial charge in [-0.25, -0.2) is 0 Å². The molecule has 0 bridgehead atoms. The number of nitrogens with two attached hydrogens (primary N) is 1. The van der Waals surface area contributed by atoms with Crippen molar-refractivity contribution in [2.45, 2.75) is 69.5 Å². The van der Waals surface area contributed by atoms with Crippen LogP contribution in [-0.2, 0) is 9.59 Å². The van der Waals surface area contributed by atoms with Crippen LogP contribution < -0.4 is 11.1 Å². The molecular weight excluding hydrogens is 363 g/mol. The lowest BCUT2D eigenvalue weighted by atomic mass is 9.81. The summed E-state index contributed by atoms with van der Waals surface area (Å²) in [4.78, 5) is 29.0. The molecular formula is C17H32Cl2N4O2. The van der Waals surface area contributed by atoms with E-state index in [1.54, 1.807) is 0 Å². The maximum Gasteiger partial charge on any atom is 0.242 e. The minimum atomic E-state index is -0.643. The first-order valence-corrected chi connectivity index (χ1v) is 9.12. The van der Waals surface area contributed by atoms with Crippen LogP contribution in [0.5, 0.6) is 0 Å². The Morgan fingerprint density at radius 3 is 2.12 bits per heavy atom. The number of halogens is 2. The van der Waals surface area contributed by atoms with Crippen molar-refractivity contribution in [2.75, 3.05) is 26.2 Å². The van der Waals surface area contributed by atoms with Crippen LogP contribution in [0.3, 0.4) is 0 Å². The van der Waals surface area contributed by atoms with Gasteiger partial charge in [-0.1, -0.05) is 19.3 Å². The number of carbonyl (C=O) groups excluding carboxylic acids is 2. The van der Waals surface area contributed by atoms with Gasteiger partial charge >= 0.3 is 0 Å². The molecule has 0 spiro atoms. The monoisotopic (exact) mass is 394 g/mol. The van der Waals surface area contributed by atoms with Gasteiger partial charge in [0.25, 0.3) is 0 Å². The summed E-state index contributed by atoms with van der Waals surface area (Å²) in [5.41, 5.74) is 5.73. The molecule has 1 unspecified atom stereocenters. The lowest BCUT2D eigenvalue weighted by Crippen LogP contribution is -2.61. The highest BCUT2D eigenvalue weighted by atomic mass is 35.5. The summed E-state index contributed by atoms with van der Waals surface area (Å²) < 4.78 is 0. The van der Waals surface area contributed by atoms with Crippen LogP contribution >= 0.6 is 24.8 Å². The molecule has 0 radical (unpaired) electrons. The van der Waals surface area contributed by atoms with Gasteiger partial charge in [0, 0.05) is 32.2 Å². The van der Waals surface area contributed by atoms with E-state index in [0.29, 0.717) is 19.1 Å². The van der Waals surface area contributed by atoms with E-state index in [0.717, 1.165) is 51.6 Å². The summed E-state index contributed by atoms with van der Waals surface area (Å²) in [7, 11) is 0. The molecule has 2 aliphatic carbocycles. The van der Waals surface area contributed by atoms with Gasteiger partial charge in [-0.05, 0) is 32.6 Å². The van der Waals surface area contributed by atoms with E-state index < -0.39 is 5.54 Å². The summed E-state index contributed by atoms with van der Waals surface area (Å²) in [5, 5.41) is 3.06. The molecule has 8 heteroatoms. The van der Waals surface area contributed by atoms with Gasteiger partial charge < -0.3 is 16.0 Å². The van der Waals surface area contributed by atoms with E-state index >= 15 is 0 Å². The van der Waals surface area contributed by atoms with Crippen molar-refractivity contribution in [2.24, 2.45) is 5.73 Å². The van der Waals surface area contributed by atoms with Crippen LogP contribution in [0.25, 0.3) is 0 Å². The van der Waals surface area contributed by atoms with Crippen molar-refractivity contribution in [3.05, 3.63) is 0 Å². The van der Waals surface area contributed by atoms with Crippen LogP contribution in [0, 0.1) is 0 Å². The largest absolute Gasteiger partial charge is 0.352 e. The molecule has 2 saturated carbocycles. The zero-order valence-electron chi connectivity index (χ0n) is 15.0. The van der Waals surface area contributed by atoms with E-state index in [1.807, 2.05) is 11.8 Å². The first-order valence-electron chi connectivity index (χ1n) is 9.12. The van der Waals surface area contributed by atoms with Gasteiger partial charge in [-0.15, -0.1) is 24.8 Å². The molecule has 2 amide bonds. The third kappa shape index (κ3) is 5.46. The summed E-state index contributed by atoms with van der Waals surface area (Å²) in [5.74, 6) is 0.238. The van der Waals surface area contributed by atoms with Crippen molar-refractivity contribution in [1.29, 1.82) is 0 Å². The molecule has 146 valence electrons. The Hall–Kier alpha value is -0.560. The van der Waals surface area contributed by atoms with Gasteiger partial charge in [-0.2, -0.15) is 0 Å². The lowest BCUT2D eigenvalue weighted by molar-refractivity contribution is -0.140. The number of nitrogens with zero attached hydrogens (tertiary/aromatic N) is 2. The van der Waals surface area contributed by atoms with Crippen molar-refractivity contribution >= 4 is 36.6 Å². The van der Waals surface area contributed by atoms with E-state index in [1.165, 1.54) is 6.42 Å². The van der Waals surface area contributed by atoms with Crippen LogP contribution in [0.15, 0.2) is 0 Å². The fourth-order valence-corrected chi connectivity index (χ4v) is 3.74. The zero-order chi connectivity index (χ0) is 16.4. The molecule has 0 aromatic rings. The smallest absolute Gasteiger partial charge is 0.242 e. The molecule has 1 aliphatic heterocycles. The Kier molecular flexibility index (Phi) is 8.45. The number of amides is 2. The quantitative estimate of drug-likeness (QED) is 0.752. The van der Waals surface area contributed by atoms with Crippen molar-refractivity contribution in [3.8, 4) is 0 Å².